The Bertz CT molecular complexity index is 487. The summed E-state index contributed by atoms with van der Waals surface area (Å²) in [4.78, 5) is 21.1. The highest BCUT2D eigenvalue weighted by atomic mass is 16.5. The summed E-state index contributed by atoms with van der Waals surface area (Å²) in [6.45, 7) is 6.53. The smallest absolute Gasteiger partial charge is 0.251 e. The molecule has 1 fully saturated rings. The third-order valence-electron chi connectivity index (χ3n) is 4.07. The highest BCUT2D eigenvalue weighted by Gasteiger charge is 2.16. The average Bonchev–Trinajstić information content (AvgIpc) is 2.55. The summed E-state index contributed by atoms with van der Waals surface area (Å²) in [5, 5.41) is 2.93. The average molecular weight is 306 g/mol. The highest BCUT2D eigenvalue weighted by Crippen LogP contribution is 2.14. The topological polar surface area (TPSA) is 57.7 Å². The van der Waals surface area contributed by atoms with Crippen LogP contribution >= 0.6 is 0 Å². The summed E-state index contributed by atoms with van der Waals surface area (Å²) >= 11 is 0. The summed E-state index contributed by atoms with van der Waals surface area (Å²) in [6.07, 6.45) is 2.66. The van der Waals surface area contributed by atoms with Gasteiger partial charge in [0.05, 0.1) is 6.10 Å². The van der Waals surface area contributed by atoms with Gasteiger partial charge in [-0.05, 0) is 32.5 Å². The van der Waals surface area contributed by atoms with Crippen molar-refractivity contribution >= 4 is 11.7 Å². The van der Waals surface area contributed by atoms with Crippen molar-refractivity contribution in [2.45, 2.75) is 19.4 Å². The second kappa shape index (κ2) is 8.10. The van der Waals surface area contributed by atoms with Crippen LogP contribution in [0, 0.1) is 0 Å². The van der Waals surface area contributed by atoms with Crippen LogP contribution in [-0.4, -0.2) is 68.8 Å². The first-order valence-corrected chi connectivity index (χ1v) is 7.80. The van der Waals surface area contributed by atoms with E-state index in [-0.39, 0.29) is 12.0 Å². The first kappa shape index (κ1) is 16.7. The first-order valence-electron chi connectivity index (χ1n) is 7.80. The Labute approximate surface area is 132 Å². The molecule has 0 bridgehead atoms. The van der Waals surface area contributed by atoms with Gasteiger partial charge in [0.1, 0.15) is 5.82 Å². The van der Waals surface area contributed by atoms with Crippen LogP contribution in [0.25, 0.3) is 0 Å². The maximum absolute atomic E-state index is 12.2. The van der Waals surface area contributed by atoms with Crippen molar-refractivity contribution in [3.05, 3.63) is 23.9 Å². The minimum Gasteiger partial charge on any atom is -0.382 e. The normalized spacial score (nSPS) is 17.3. The lowest BCUT2D eigenvalue weighted by atomic mass is 10.2. The standard InChI is InChI=1S/C16H26N4O2/c1-13(22-3)4-6-18-16(21)14-5-7-17-15(12-14)20-10-8-19(2)9-11-20/h5,7,12-13H,4,6,8-11H2,1-3H3,(H,18,21)/t13-/m0/s1. The van der Waals surface area contributed by atoms with Crippen LogP contribution in [0.2, 0.25) is 0 Å². The molecule has 1 aliphatic heterocycles. The fourth-order valence-corrected chi connectivity index (χ4v) is 2.38. The molecule has 1 amide bonds. The van der Waals surface area contributed by atoms with Crippen molar-refractivity contribution in [3.8, 4) is 0 Å². The summed E-state index contributed by atoms with van der Waals surface area (Å²) < 4.78 is 5.17. The number of pyridine rings is 1. The molecule has 0 aliphatic carbocycles. The fourth-order valence-electron chi connectivity index (χ4n) is 2.38. The molecular formula is C16H26N4O2. The molecule has 22 heavy (non-hydrogen) atoms. The zero-order valence-corrected chi connectivity index (χ0v) is 13.7. The molecule has 1 aromatic heterocycles. The van der Waals surface area contributed by atoms with Crippen LogP contribution in [0.15, 0.2) is 18.3 Å². The first-order chi connectivity index (χ1) is 10.6. The van der Waals surface area contributed by atoms with E-state index in [0.717, 1.165) is 38.4 Å². The molecule has 1 atom stereocenters. The summed E-state index contributed by atoms with van der Waals surface area (Å²) in [7, 11) is 3.80. The van der Waals surface area contributed by atoms with Gasteiger partial charge in [-0.25, -0.2) is 4.98 Å². The summed E-state index contributed by atoms with van der Waals surface area (Å²) in [5.74, 6) is 0.826. The van der Waals surface area contributed by atoms with E-state index in [0.29, 0.717) is 12.1 Å². The Morgan fingerprint density at radius 3 is 2.82 bits per heavy atom. The molecular weight excluding hydrogens is 280 g/mol. The number of likely N-dealkylation sites (N-methyl/N-ethyl adjacent to an activating group) is 1. The third-order valence-corrected chi connectivity index (χ3v) is 4.07. The van der Waals surface area contributed by atoms with Gasteiger partial charge >= 0.3 is 0 Å². The van der Waals surface area contributed by atoms with Crippen molar-refractivity contribution in [3.63, 3.8) is 0 Å². The fraction of sp³-hybridized carbons (Fsp3) is 0.625. The molecule has 6 nitrogen and oxygen atoms in total. The molecule has 0 spiro atoms. The molecule has 1 aliphatic rings. The quantitative estimate of drug-likeness (QED) is 0.849. The van der Waals surface area contributed by atoms with Crippen molar-refractivity contribution in [2.75, 3.05) is 51.8 Å². The number of anilines is 1. The number of carbonyl (C=O) groups excluding carboxylic acids is 1. The number of ether oxygens (including phenoxy) is 1. The summed E-state index contributed by atoms with van der Waals surface area (Å²) in [5.41, 5.74) is 0.661. The van der Waals surface area contributed by atoms with Crippen molar-refractivity contribution in [1.82, 2.24) is 15.2 Å². The Balaban J connectivity index is 1.91. The van der Waals surface area contributed by atoms with Gasteiger partial charge in [-0.2, -0.15) is 0 Å². The minimum atomic E-state index is -0.0546. The van der Waals surface area contributed by atoms with Crippen molar-refractivity contribution in [2.24, 2.45) is 0 Å². The van der Waals surface area contributed by atoms with Gasteiger partial charge in [0.25, 0.3) is 5.91 Å². The van der Waals surface area contributed by atoms with Gasteiger partial charge < -0.3 is 19.9 Å². The molecule has 1 N–H and O–H groups in total. The van der Waals surface area contributed by atoms with Crippen LogP contribution in [0.1, 0.15) is 23.7 Å². The van der Waals surface area contributed by atoms with Crippen molar-refractivity contribution < 1.29 is 9.53 Å². The maximum Gasteiger partial charge on any atom is 0.251 e. The molecule has 6 heteroatoms. The molecule has 2 rings (SSSR count). The van der Waals surface area contributed by atoms with E-state index in [1.165, 1.54) is 0 Å². The number of methoxy groups -OCH3 is 1. The number of nitrogens with one attached hydrogen (secondary N) is 1. The van der Waals surface area contributed by atoms with E-state index in [1.54, 1.807) is 19.4 Å². The maximum atomic E-state index is 12.2. The Kier molecular flexibility index (Phi) is 6.15. The Hall–Kier alpha value is -1.66. The number of amides is 1. The molecule has 0 aromatic carbocycles. The number of hydrogen-bond donors (Lipinski definition) is 1. The lowest BCUT2D eigenvalue weighted by molar-refractivity contribution is 0.0918. The number of hydrogen-bond acceptors (Lipinski definition) is 5. The predicted molar refractivity (Wildman–Crippen MR) is 87.4 cm³/mol. The number of carbonyl (C=O) groups is 1. The second-order valence-corrected chi connectivity index (χ2v) is 5.78. The number of rotatable bonds is 6. The van der Waals surface area contributed by atoms with Crippen LogP contribution in [0.4, 0.5) is 5.82 Å². The van der Waals surface area contributed by atoms with Gasteiger partial charge in [-0.1, -0.05) is 0 Å². The van der Waals surface area contributed by atoms with E-state index in [1.807, 2.05) is 13.0 Å². The van der Waals surface area contributed by atoms with Gasteiger partial charge in [0.2, 0.25) is 0 Å². The van der Waals surface area contributed by atoms with E-state index >= 15 is 0 Å². The van der Waals surface area contributed by atoms with Gasteiger partial charge in [-0.3, -0.25) is 4.79 Å². The van der Waals surface area contributed by atoms with E-state index in [9.17, 15) is 4.79 Å². The molecule has 1 saturated heterocycles. The SMILES string of the molecule is CO[C@@H](C)CCNC(=O)c1ccnc(N2CCN(C)CC2)c1. The van der Waals surface area contributed by atoms with Gasteiger partial charge in [0.15, 0.2) is 0 Å². The molecule has 1 aromatic rings. The molecule has 122 valence electrons. The van der Waals surface area contributed by atoms with Gasteiger partial charge in [-0.15, -0.1) is 0 Å². The highest BCUT2D eigenvalue weighted by molar-refractivity contribution is 5.94. The molecule has 0 unspecified atom stereocenters. The zero-order valence-electron chi connectivity index (χ0n) is 13.7. The number of aromatic nitrogens is 1. The van der Waals surface area contributed by atoms with Crippen LogP contribution in [0.3, 0.4) is 0 Å². The second-order valence-electron chi connectivity index (χ2n) is 5.78. The third kappa shape index (κ3) is 4.68. The van der Waals surface area contributed by atoms with E-state index in [4.69, 9.17) is 4.74 Å². The largest absolute Gasteiger partial charge is 0.382 e. The molecule has 0 saturated carbocycles. The van der Waals surface area contributed by atoms with Crippen LogP contribution < -0.4 is 10.2 Å². The molecule has 0 radical (unpaired) electrons. The summed E-state index contributed by atoms with van der Waals surface area (Å²) in [6, 6.07) is 3.63. The minimum absolute atomic E-state index is 0.0546. The van der Waals surface area contributed by atoms with Crippen LogP contribution in [0.5, 0.6) is 0 Å². The predicted octanol–water partition coefficient (Wildman–Crippen LogP) is 0.988. The van der Waals surface area contributed by atoms with Gasteiger partial charge in [0, 0.05) is 51.6 Å². The Morgan fingerprint density at radius 1 is 1.41 bits per heavy atom. The van der Waals surface area contributed by atoms with Crippen molar-refractivity contribution in [1.29, 1.82) is 0 Å². The zero-order chi connectivity index (χ0) is 15.9. The number of piperazine rings is 1. The van der Waals surface area contributed by atoms with E-state index < -0.39 is 0 Å². The lowest BCUT2D eigenvalue weighted by Gasteiger charge is -2.33. The molecule has 2 heterocycles. The van der Waals surface area contributed by atoms with E-state index in [2.05, 4.69) is 27.1 Å². The number of nitrogens with zero attached hydrogens (tertiary/aromatic N) is 3. The Morgan fingerprint density at radius 2 is 2.14 bits per heavy atom. The van der Waals surface area contributed by atoms with Crippen LogP contribution in [-0.2, 0) is 4.74 Å². The monoisotopic (exact) mass is 306 g/mol. The lowest BCUT2D eigenvalue weighted by Crippen LogP contribution is -2.44.